The number of nitrogens with zero attached hydrogens (tertiary/aromatic N) is 2. The molecule has 4 aromatic rings. The maximum atomic E-state index is 13.3. The molecule has 0 saturated heterocycles. The lowest BCUT2D eigenvalue weighted by atomic mass is 9.84. The molecule has 0 amide bonds. The van der Waals surface area contributed by atoms with Gasteiger partial charge in [0.1, 0.15) is 5.78 Å². The van der Waals surface area contributed by atoms with Crippen LogP contribution in [-0.4, -0.2) is 15.8 Å². The van der Waals surface area contributed by atoms with E-state index >= 15 is 0 Å². The number of benzene rings is 2. The number of para-hydroxylation sites is 2. The fourth-order valence-electron chi connectivity index (χ4n) is 3.67. The third-order valence-corrected chi connectivity index (χ3v) is 5.15. The van der Waals surface area contributed by atoms with Gasteiger partial charge < -0.3 is 0 Å². The lowest BCUT2D eigenvalue weighted by Gasteiger charge is -2.19. The van der Waals surface area contributed by atoms with Crippen molar-refractivity contribution in [1.82, 2.24) is 9.97 Å². The molecule has 2 atom stereocenters. The standard InChI is InChI=1S/C23H20N2O/c1-15(17-11-13-24-21-9-5-3-7-19(17)21)23(26)16(2)18-12-14-25-22-10-6-4-8-20(18)22/h3-16H,1-2H3. The zero-order chi connectivity index (χ0) is 18.1. The zero-order valence-corrected chi connectivity index (χ0v) is 14.9. The maximum absolute atomic E-state index is 13.3. The van der Waals surface area contributed by atoms with Crippen LogP contribution in [0.15, 0.2) is 73.1 Å². The van der Waals surface area contributed by atoms with Crippen molar-refractivity contribution in [2.24, 2.45) is 0 Å². The van der Waals surface area contributed by atoms with Crippen LogP contribution in [0.1, 0.15) is 36.8 Å². The Hall–Kier alpha value is -3.07. The molecule has 3 heteroatoms. The maximum Gasteiger partial charge on any atom is 0.147 e. The number of fused-ring (bicyclic) bond motifs is 2. The van der Waals surface area contributed by atoms with Gasteiger partial charge in [-0.1, -0.05) is 50.2 Å². The Bertz CT molecular complexity index is 1010. The van der Waals surface area contributed by atoms with E-state index < -0.39 is 0 Å². The molecule has 2 unspecified atom stereocenters. The lowest BCUT2D eigenvalue weighted by Crippen LogP contribution is -2.17. The van der Waals surface area contributed by atoms with Crippen molar-refractivity contribution < 1.29 is 4.79 Å². The first-order valence-corrected chi connectivity index (χ1v) is 8.88. The van der Waals surface area contributed by atoms with E-state index in [9.17, 15) is 4.79 Å². The smallest absolute Gasteiger partial charge is 0.147 e. The average molecular weight is 340 g/mol. The molecule has 3 nitrogen and oxygen atoms in total. The van der Waals surface area contributed by atoms with Crippen LogP contribution < -0.4 is 0 Å². The van der Waals surface area contributed by atoms with Crippen LogP contribution in [0.25, 0.3) is 21.8 Å². The summed E-state index contributed by atoms with van der Waals surface area (Å²) in [6, 6.07) is 19.9. The Morgan fingerprint density at radius 2 is 1.12 bits per heavy atom. The van der Waals surface area contributed by atoms with E-state index in [4.69, 9.17) is 0 Å². The predicted molar refractivity (Wildman–Crippen MR) is 105 cm³/mol. The Kier molecular flexibility index (Phi) is 4.21. The molecule has 0 saturated carbocycles. The second kappa shape index (κ2) is 6.68. The Morgan fingerprint density at radius 3 is 1.58 bits per heavy atom. The molecule has 128 valence electrons. The largest absolute Gasteiger partial charge is 0.298 e. The number of hydrogen-bond acceptors (Lipinski definition) is 3. The van der Waals surface area contributed by atoms with Gasteiger partial charge in [-0.3, -0.25) is 14.8 Å². The van der Waals surface area contributed by atoms with Gasteiger partial charge in [0.2, 0.25) is 0 Å². The average Bonchev–Trinajstić information content (AvgIpc) is 2.71. The van der Waals surface area contributed by atoms with Crippen LogP contribution in [0.3, 0.4) is 0 Å². The summed E-state index contributed by atoms with van der Waals surface area (Å²) in [6.45, 7) is 3.98. The Morgan fingerprint density at radius 1 is 0.692 bits per heavy atom. The summed E-state index contributed by atoms with van der Waals surface area (Å²) in [5, 5.41) is 2.09. The third-order valence-electron chi connectivity index (χ3n) is 5.15. The summed E-state index contributed by atoms with van der Waals surface area (Å²) in [6.07, 6.45) is 3.57. The first-order chi connectivity index (χ1) is 12.7. The molecule has 0 fully saturated rings. The van der Waals surface area contributed by atoms with E-state index in [-0.39, 0.29) is 17.6 Å². The number of ketones is 1. The molecular formula is C23H20N2O. The molecule has 0 bridgehead atoms. The summed E-state index contributed by atoms with van der Waals surface area (Å²) < 4.78 is 0. The van der Waals surface area contributed by atoms with Crippen molar-refractivity contribution in [2.75, 3.05) is 0 Å². The highest BCUT2D eigenvalue weighted by atomic mass is 16.1. The number of rotatable bonds is 4. The van der Waals surface area contributed by atoms with E-state index in [0.29, 0.717) is 0 Å². The number of Topliss-reactive ketones (excluding diaryl/α,β-unsaturated/α-hetero) is 1. The summed E-state index contributed by atoms with van der Waals surface area (Å²) in [4.78, 5) is 22.1. The fraction of sp³-hybridized carbons (Fsp3) is 0.174. The Balaban J connectivity index is 1.74. The minimum absolute atomic E-state index is 0.204. The second-order valence-electron chi connectivity index (χ2n) is 6.68. The SMILES string of the molecule is CC(C(=O)C(C)c1ccnc2ccccc12)c1ccnc2ccccc12. The van der Waals surface area contributed by atoms with Gasteiger partial charge in [0.25, 0.3) is 0 Å². The van der Waals surface area contributed by atoms with Gasteiger partial charge in [-0.25, -0.2) is 0 Å². The molecular weight excluding hydrogens is 320 g/mol. The summed E-state index contributed by atoms with van der Waals surface area (Å²) >= 11 is 0. The molecule has 26 heavy (non-hydrogen) atoms. The van der Waals surface area contributed by atoms with Crippen LogP contribution in [0.2, 0.25) is 0 Å². The first-order valence-electron chi connectivity index (χ1n) is 8.88. The van der Waals surface area contributed by atoms with E-state index in [1.54, 1.807) is 12.4 Å². The van der Waals surface area contributed by atoms with Crippen LogP contribution in [0, 0.1) is 0 Å². The highest BCUT2D eigenvalue weighted by Crippen LogP contribution is 2.32. The lowest BCUT2D eigenvalue weighted by molar-refractivity contribution is -0.121. The van der Waals surface area contributed by atoms with Gasteiger partial charge in [0, 0.05) is 35.0 Å². The second-order valence-corrected chi connectivity index (χ2v) is 6.68. The summed E-state index contributed by atoms with van der Waals surface area (Å²) in [5.74, 6) is -0.202. The molecule has 0 aliphatic rings. The van der Waals surface area contributed by atoms with Crippen molar-refractivity contribution in [1.29, 1.82) is 0 Å². The topological polar surface area (TPSA) is 42.9 Å². The van der Waals surface area contributed by atoms with Crippen molar-refractivity contribution >= 4 is 27.6 Å². The number of hydrogen-bond donors (Lipinski definition) is 0. The normalized spacial score (nSPS) is 13.6. The van der Waals surface area contributed by atoms with E-state index in [2.05, 4.69) is 9.97 Å². The predicted octanol–water partition coefficient (Wildman–Crippen LogP) is 5.26. The molecule has 2 aromatic carbocycles. The van der Waals surface area contributed by atoms with E-state index in [0.717, 1.165) is 32.9 Å². The molecule has 2 heterocycles. The van der Waals surface area contributed by atoms with Crippen molar-refractivity contribution in [2.45, 2.75) is 25.7 Å². The highest BCUT2D eigenvalue weighted by molar-refractivity contribution is 5.98. The molecule has 0 aliphatic heterocycles. The summed E-state index contributed by atoms with van der Waals surface area (Å²) in [5.41, 5.74) is 3.91. The van der Waals surface area contributed by atoms with Crippen LogP contribution in [0.4, 0.5) is 0 Å². The minimum Gasteiger partial charge on any atom is -0.298 e. The molecule has 0 radical (unpaired) electrons. The van der Waals surface area contributed by atoms with E-state index in [1.807, 2.05) is 74.5 Å². The van der Waals surface area contributed by atoms with Gasteiger partial charge in [-0.15, -0.1) is 0 Å². The zero-order valence-electron chi connectivity index (χ0n) is 14.9. The third kappa shape index (κ3) is 2.76. The molecule has 0 N–H and O–H groups in total. The number of pyridine rings is 2. The van der Waals surface area contributed by atoms with Crippen LogP contribution in [0.5, 0.6) is 0 Å². The van der Waals surface area contributed by atoms with Crippen LogP contribution in [-0.2, 0) is 4.79 Å². The first kappa shape index (κ1) is 16.4. The number of carbonyl (C=O) groups is 1. The van der Waals surface area contributed by atoms with Gasteiger partial charge in [0.05, 0.1) is 11.0 Å². The van der Waals surface area contributed by atoms with Gasteiger partial charge in [0.15, 0.2) is 0 Å². The Labute approximate surface area is 152 Å². The number of aromatic nitrogens is 2. The molecule has 2 aromatic heterocycles. The summed E-state index contributed by atoms with van der Waals surface area (Å²) in [7, 11) is 0. The monoisotopic (exact) mass is 340 g/mol. The van der Waals surface area contributed by atoms with E-state index in [1.165, 1.54) is 0 Å². The van der Waals surface area contributed by atoms with Gasteiger partial charge in [-0.2, -0.15) is 0 Å². The number of carbonyl (C=O) groups excluding carboxylic acids is 1. The molecule has 0 spiro atoms. The van der Waals surface area contributed by atoms with Crippen molar-refractivity contribution in [3.8, 4) is 0 Å². The minimum atomic E-state index is -0.204. The van der Waals surface area contributed by atoms with Crippen LogP contribution >= 0.6 is 0 Å². The van der Waals surface area contributed by atoms with Crippen molar-refractivity contribution in [3.63, 3.8) is 0 Å². The molecule has 0 aliphatic carbocycles. The molecule has 4 rings (SSSR count). The van der Waals surface area contributed by atoms with Gasteiger partial charge in [-0.05, 0) is 35.4 Å². The highest BCUT2D eigenvalue weighted by Gasteiger charge is 2.25. The quantitative estimate of drug-likeness (QED) is 0.509. The fourth-order valence-corrected chi connectivity index (χ4v) is 3.67. The van der Waals surface area contributed by atoms with Gasteiger partial charge >= 0.3 is 0 Å². The van der Waals surface area contributed by atoms with Crippen molar-refractivity contribution in [3.05, 3.63) is 84.2 Å².